The third kappa shape index (κ3) is 3.15. The summed E-state index contributed by atoms with van der Waals surface area (Å²) in [6.07, 6.45) is 1.61. The molecular formula is C21H26N4O4. The minimum Gasteiger partial charge on any atom is -0.381 e. The highest BCUT2D eigenvalue weighted by Gasteiger charge is 2.45. The molecule has 1 aromatic rings. The van der Waals surface area contributed by atoms with Crippen LogP contribution in [-0.4, -0.2) is 60.5 Å². The molecule has 5 rings (SSSR count). The van der Waals surface area contributed by atoms with Crippen molar-refractivity contribution < 1.29 is 19.1 Å². The van der Waals surface area contributed by atoms with Gasteiger partial charge in [-0.1, -0.05) is 18.2 Å². The van der Waals surface area contributed by atoms with Crippen LogP contribution in [0.2, 0.25) is 0 Å². The lowest BCUT2D eigenvalue weighted by molar-refractivity contribution is -0.136. The van der Waals surface area contributed by atoms with Crippen molar-refractivity contribution in [2.75, 3.05) is 26.3 Å². The normalized spacial score (nSPS) is 31.6. The summed E-state index contributed by atoms with van der Waals surface area (Å²) in [5.41, 5.74) is 2.63. The Bertz CT molecular complexity index is 872. The first-order valence-electron chi connectivity index (χ1n) is 10.4. The first-order chi connectivity index (χ1) is 14.1. The Balaban J connectivity index is 1.35. The number of ether oxygens (including phenoxy) is 1. The van der Waals surface area contributed by atoms with Gasteiger partial charge in [-0.3, -0.25) is 19.7 Å². The SMILES string of the molecule is O=C1CCC(N2Cc3cccc(CNC45CCOCC4CNC5)c3C2=O)C(=O)N1. The number of carbonyl (C=O) groups is 3. The van der Waals surface area contributed by atoms with Crippen molar-refractivity contribution >= 4 is 17.7 Å². The monoisotopic (exact) mass is 398 g/mol. The van der Waals surface area contributed by atoms with Gasteiger partial charge in [-0.05, 0) is 24.0 Å². The number of carbonyl (C=O) groups excluding carboxylic acids is 3. The summed E-state index contributed by atoms with van der Waals surface area (Å²) < 4.78 is 5.65. The zero-order chi connectivity index (χ0) is 20.0. The lowest BCUT2D eigenvalue weighted by Gasteiger charge is -2.39. The van der Waals surface area contributed by atoms with Gasteiger partial charge in [0.25, 0.3) is 5.91 Å². The Morgan fingerprint density at radius 1 is 1.28 bits per heavy atom. The molecular weight excluding hydrogens is 372 g/mol. The molecule has 4 aliphatic heterocycles. The van der Waals surface area contributed by atoms with E-state index in [1.165, 1.54) is 0 Å². The van der Waals surface area contributed by atoms with E-state index in [2.05, 4.69) is 16.0 Å². The topological polar surface area (TPSA) is 99.8 Å². The van der Waals surface area contributed by atoms with Gasteiger partial charge in [0.05, 0.1) is 6.61 Å². The van der Waals surface area contributed by atoms with Crippen LogP contribution in [0, 0.1) is 5.92 Å². The molecule has 8 heteroatoms. The van der Waals surface area contributed by atoms with Crippen molar-refractivity contribution in [3.05, 3.63) is 34.9 Å². The van der Waals surface area contributed by atoms with Gasteiger partial charge in [0.15, 0.2) is 0 Å². The van der Waals surface area contributed by atoms with Crippen LogP contribution in [0.1, 0.15) is 40.7 Å². The zero-order valence-corrected chi connectivity index (χ0v) is 16.3. The fourth-order valence-electron chi connectivity index (χ4n) is 5.20. The van der Waals surface area contributed by atoms with Crippen LogP contribution in [0.4, 0.5) is 0 Å². The molecule has 4 aliphatic rings. The maximum Gasteiger partial charge on any atom is 0.255 e. The number of hydrogen-bond acceptors (Lipinski definition) is 6. The van der Waals surface area contributed by atoms with E-state index in [1.54, 1.807) is 4.90 Å². The molecule has 8 nitrogen and oxygen atoms in total. The molecule has 154 valence electrons. The summed E-state index contributed by atoms with van der Waals surface area (Å²) in [5, 5.41) is 9.56. The maximum atomic E-state index is 13.2. The largest absolute Gasteiger partial charge is 0.381 e. The second-order valence-electron chi connectivity index (χ2n) is 8.51. The van der Waals surface area contributed by atoms with Crippen LogP contribution in [-0.2, 0) is 27.4 Å². The van der Waals surface area contributed by atoms with Crippen molar-refractivity contribution in [2.45, 2.75) is 43.9 Å². The van der Waals surface area contributed by atoms with Gasteiger partial charge < -0.3 is 20.3 Å². The fourth-order valence-corrected chi connectivity index (χ4v) is 5.20. The van der Waals surface area contributed by atoms with Crippen molar-refractivity contribution in [3.8, 4) is 0 Å². The smallest absolute Gasteiger partial charge is 0.255 e. The lowest BCUT2D eigenvalue weighted by Crippen LogP contribution is -2.55. The summed E-state index contributed by atoms with van der Waals surface area (Å²) in [7, 11) is 0. The molecule has 3 fully saturated rings. The van der Waals surface area contributed by atoms with E-state index in [4.69, 9.17) is 4.74 Å². The molecule has 0 radical (unpaired) electrons. The highest BCUT2D eigenvalue weighted by atomic mass is 16.5. The van der Waals surface area contributed by atoms with Gasteiger partial charge in [0.2, 0.25) is 11.8 Å². The van der Waals surface area contributed by atoms with Gasteiger partial charge in [0, 0.05) is 56.2 Å². The Morgan fingerprint density at radius 3 is 3.03 bits per heavy atom. The fraction of sp³-hybridized carbons (Fsp3) is 0.571. The van der Waals surface area contributed by atoms with E-state index in [1.807, 2.05) is 18.2 Å². The number of fused-ring (bicyclic) bond motifs is 2. The molecule has 3 amide bonds. The highest BCUT2D eigenvalue weighted by Crippen LogP contribution is 2.33. The molecule has 0 saturated carbocycles. The molecule has 0 aliphatic carbocycles. The molecule has 3 unspecified atom stereocenters. The Labute approximate surface area is 169 Å². The van der Waals surface area contributed by atoms with Crippen molar-refractivity contribution in [1.82, 2.24) is 20.9 Å². The van der Waals surface area contributed by atoms with E-state index in [0.717, 1.165) is 43.9 Å². The number of imide groups is 1. The number of piperidine rings is 1. The van der Waals surface area contributed by atoms with E-state index in [-0.39, 0.29) is 29.7 Å². The predicted molar refractivity (Wildman–Crippen MR) is 104 cm³/mol. The number of hydrogen-bond donors (Lipinski definition) is 3. The molecule has 29 heavy (non-hydrogen) atoms. The van der Waals surface area contributed by atoms with Crippen LogP contribution >= 0.6 is 0 Å². The summed E-state index contributed by atoms with van der Waals surface area (Å²) in [5.74, 6) is -0.319. The third-order valence-electron chi connectivity index (χ3n) is 6.89. The van der Waals surface area contributed by atoms with Crippen molar-refractivity contribution in [3.63, 3.8) is 0 Å². The Hall–Kier alpha value is -2.29. The summed E-state index contributed by atoms with van der Waals surface area (Å²) in [4.78, 5) is 38.6. The van der Waals surface area contributed by atoms with E-state index in [0.29, 0.717) is 31.0 Å². The summed E-state index contributed by atoms with van der Waals surface area (Å²) >= 11 is 0. The third-order valence-corrected chi connectivity index (χ3v) is 6.89. The minimum atomic E-state index is -0.578. The molecule has 3 atom stereocenters. The number of benzene rings is 1. The standard InChI is InChI=1S/C21H26N4O4/c26-17-5-4-16(19(27)24-17)25-10-14-3-1-2-13(18(14)20(25)28)8-23-21-6-7-29-11-15(21)9-22-12-21/h1-3,15-16,22-23H,4-12H2,(H,24,26,27). The van der Waals surface area contributed by atoms with Crippen LogP contribution < -0.4 is 16.0 Å². The summed E-state index contributed by atoms with van der Waals surface area (Å²) in [6.45, 7) is 4.39. The van der Waals surface area contributed by atoms with Gasteiger partial charge in [-0.25, -0.2) is 0 Å². The highest BCUT2D eigenvalue weighted by molar-refractivity contribution is 6.05. The van der Waals surface area contributed by atoms with Crippen LogP contribution in [0.5, 0.6) is 0 Å². The van der Waals surface area contributed by atoms with Crippen LogP contribution in [0.25, 0.3) is 0 Å². The first-order valence-corrected chi connectivity index (χ1v) is 10.4. The number of nitrogens with zero attached hydrogens (tertiary/aromatic N) is 1. The Morgan fingerprint density at radius 2 is 2.17 bits per heavy atom. The Kier molecular flexibility index (Phi) is 4.64. The van der Waals surface area contributed by atoms with Crippen LogP contribution in [0.15, 0.2) is 18.2 Å². The van der Waals surface area contributed by atoms with Gasteiger partial charge >= 0.3 is 0 Å². The molecule has 3 N–H and O–H groups in total. The van der Waals surface area contributed by atoms with Crippen molar-refractivity contribution in [2.24, 2.45) is 5.92 Å². The molecule has 1 aromatic carbocycles. The number of rotatable bonds is 4. The van der Waals surface area contributed by atoms with E-state index >= 15 is 0 Å². The second-order valence-corrected chi connectivity index (χ2v) is 8.51. The van der Waals surface area contributed by atoms with Crippen molar-refractivity contribution in [1.29, 1.82) is 0 Å². The van der Waals surface area contributed by atoms with Gasteiger partial charge in [-0.2, -0.15) is 0 Å². The number of nitrogens with one attached hydrogen (secondary N) is 3. The van der Waals surface area contributed by atoms with E-state index < -0.39 is 6.04 Å². The first kappa shape index (κ1) is 18.7. The molecule has 0 aromatic heterocycles. The summed E-state index contributed by atoms with van der Waals surface area (Å²) in [6, 6.07) is 5.34. The van der Waals surface area contributed by atoms with Gasteiger partial charge in [-0.15, -0.1) is 0 Å². The molecule has 3 saturated heterocycles. The predicted octanol–water partition coefficient (Wildman–Crippen LogP) is -0.0843. The van der Waals surface area contributed by atoms with Gasteiger partial charge in [0.1, 0.15) is 6.04 Å². The average Bonchev–Trinajstić information content (AvgIpc) is 3.28. The zero-order valence-electron chi connectivity index (χ0n) is 16.3. The van der Waals surface area contributed by atoms with E-state index in [9.17, 15) is 14.4 Å². The maximum absolute atomic E-state index is 13.2. The molecule has 0 bridgehead atoms. The average molecular weight is 398 g/mol. The van der Waals surface area contributed by atoms with Crippen LogP contribution in [0.3, 0.4) is 0 Å². The lowest BCUT2D eigenvalue weighted by atomic mass is 9.82. The second kappa shape index (κ2) is 7.19. The molecule has 4 heterocycles. The number of amides is 3. The molecule has 0 spiro atoms. The minimum absolute atomic E-state index is 0.00588. The quantitative estimate of drug-likeness (QED) is 0.614.